The van der Waals surface area contributed by atoms with Gasteiger partial charge in [-0.05, 0) is 54.7 Å². The smallest absolute Gasteiger partial charge is 0.342 e. The quantitative estimate of drug-likeness (QED) is 0.924. The van der Waals surface area contributed by atoms with Gasteiger partial charge < -0.3 is 9.84 Å². The number of carboxylic acid groups (broad SMARTS) is 1. The first-order chi connectivity index (χ1) is 9.65. The molecule has 3 nitrogen and oxygen atoms in total. The van der Waals surface area contributed by atoms with Crippen LogP contribution in [-0.4, -0.2) is 11.1 Å². The molecule has 0 unspecified atom stereocenters. The molecule has 20 heavy (non-hydrogen) atoms. The first-order valence-electron chi connectivity index (χ1n) is 6.46. The second-order valence-electron chi connectivity index (χ2n) is 4.80. The molecule has 0 saturated heterocycles. The largest absolute Gasteiger partial charge is 0.477 e. The predicted molar refractivity (Wildman–Crippen MR) is 71.9 cm³/mol. The molecule has 0 radical (unpaired) electrons. The van der Waals surface area contributed by atoms with Crippen molar-refractivity contribution in [3.63, 3.8) is 0 Å². The average Bonchev–Trinajstić information content (AvgIpc) is 2.85. The second kappa shape index (κ2) is 4.96. The van der Waals surface area contributed by atoms with Crippen LogP contribution in [0.15, 0.2) is 36.4 Å². The summed E-state index contributed by atoms with van der Waals surface area (Å²) in [7, 11) is 0. The normalized spacial score (nSPS) is 13.1. The fraction of sp³-hybridized carbons (Fsp3) is 0.188. The molecule has 2 aromatic carbocycles. The van der Waals surface area contributed by atoms with Gasteiger partial charge in [0.2, 0.25) is 0 Å². The van der Waals surface area contributed by atoms with E-state index < -0.39 is 17.3 Å². The lowest BCUT2D eigenvalue weighted by Crippen LogP contribution is -2.03. The Morgan fingerprint density at radius 1 is 1.15 bits per heavy atom. The number of aromatic carboxylic acids is 1. The third kappa shape index (κ3) is 2.25. The molecule has 0 fully saturated rings. The van der Waals surface area contributed by atoms with Crippen LogP contribution in [-0.2, 0) is 12.8 Å². The first kappa shape index (κ1) is 12.7. The maximum absolute atomic E-state index is 13.6. The van der Waals surface area contributed by atoms with Gasteiger partial charge in [0.15, 0.2) is 0 Å². The Morgan fingerprint density at radius 3 is 2.75 bits per heavy atom. The number of fused-ring (bicyclic) bond motifs is 1. The van der Waals surface area contributed by atoms with E-state index in [0.717, 1.165) is 25.3 Å². The van der Waals surface area contributed by atoms with Gasteiger partial charge in [0.05, 0.1) is 0 Å². The number of ether oxygens (including phenoxy) is 1. The van der Waals surface area contributed by atoms with Gasteiger partial charge in [0.1, 0.15) is 22.9 Å². The monoisotopic (exact) mass is 272 g/mol. The van der Waals surface area contributed by atoms with Crippen molar-refractivity contribution in [2.45, 2.75) is 19.3 Å². The minimum absolute atomic E-state index is 0.0236. The van der Waals surface area contributed by atoms with E-state index in [9.17, 15) is 9.18 Å². The molecule has 0 saturated carbocycles. The summed E-state index contributed by atoms with van der Waals surface area (Å²) in [4.78, 5) is 11.1. The molecule has 0 amide bonds. The van der Waals surface area contributed by atoms with Crippen molar-refractivity contribution in [1.29, 1.82) is 0 Å². The molecule has 0 atom stereocenters. The Labute approximate surface area is 115 Å². The van der Waals surface area contributed by atoms with E-state index in [0.29, 0.717) is 5.75 Å². The summed E-state index contributed by atoms with van der Waals surface area (Å²) < 4.78 is 19.1. The van der Waals surface area contributed by atoms with Crippen LogP contribution < -0.4 is 4.74 Å². The highest BCUT2D eigenvalue weighted by atomic mass is 19.1. The van der Waals surface area contributed by atoms with E-state index in [-0.39, 0.29) is 5.75 Å². The molecular formula is C16H13FO3. The van der Waals surface area contributed by atoms with Gasteiger partial charge in [-0.2, -0.15) is 0 Å². The predicted octanol–water partition coefficient (Wildman–Crippen LogP) is 3.80. The van der Waals surface area contributed by atoms with Crippen LogP contribution in [0.4, 0.5) is 4.39 Å². The Bertz CT molecular complexity index is 679. The zero-order valence-electron chi connectivity index (χ0n) is 10.7. The van der Waals surface area contributed by atoms with Gasteiger partial charge in [0, 0.05) is 0 Å². The summed E-state index contributed by atoms with van der Waals surface area (Å²) in [5.74, 6) is -1.57. The van der Waals surface area contributed by atoms with Crippen molar-refractivity contribution in [3.8, 4) is 11.5 Å². The lowest BCUT2D eigenvalue weighted by atomic mass is 10.1. The van der Waals surface area contributed by atoms with Gasteiger partial charge in [-0.1, -0.05) is 12.1 Å². The van der Waals surface area contributed by atoms with Crippen LogP contribution in [0.5, 0.6) is 11.5 Å². The van der Waals surface area contributed by atoms with Gasteiger partial charge in [-0.15, -0.1) is 0 Å². The number of hydrogen-bond donors (Lipinski definition) is 1. The molecule has 0 spiro atoms. The Morgan fingerprint density at radius 2 is 1.95 bits per heavy atom. The summed E-state index contributed by atoms with van der Waals surface area (Å²) in [6, 6.07) is 9.68. The first-order valence-corrected chi connectivity index (χ1v) is 6.46. The number of aryl methyl sites for hydroxylation is 2. The fourth-order valence-corrected chi connectivity index (χ4v) is 2.54. The minimum Gasteiger partial charge on any atom is -0.477 e. The van der Waals surface area contributed by atoms with Crippen molar-refractivity contribution >= 4 is 5.97 Å². The fourth-order valence-electron chi connectivity index (χ4n) is 2.54. The second-order valence-corrected chi connectivity index (χ2v) is 4.80. The molecule has 102 valence electrons. The molecule has 2 aromatic rings. The van der Waals surface area contributed by atoms with Crippen LogP contribution in [0.1, 0.15) is 27.9 Å². The Balaban J connectivity index is 1.95. The number of hydrogen-bond acceptors (Lipinski definition) is 2. The summed E-state index contributed by atoms with van der Waals surface area (Å²) in [6.45, 7) is 0. The lowest BCUT2D eigenvalue weighted by molar-refractivity contribution is 0.0689. The molecule has 0 heterocycles. The average molecular weight is 272 g/mol. The van der Waals surface area contributed by atoms with Crippen LogP contribution >= 0.6 is 0 Å². The van der Waals surface area contributed by atoms with E-state index in [1.165, 1.54) is 23.3 Å². The Hall–Kier alpha value is -2.36. The zero-order valence-corrected chi connectivity index (χ0v) is 10.7. The minimum atomic E-state index is -1.33. The van der Waals surface area contributed by atoms with Crippen LogP contribution in [0.25, 0.3) is 0 Å². The summed E-state index contributed by atoms with van der Waals surface area (Å²) in [5.41, 5.74) is 2.08. The van der Waals surface area contributed by atoms with Crippen LogP contribution in [0.2, 0.25) is 0 Å². The molecule has 3 rings (SSSR count). The molecule has 1 N–H and O–H groups in total. The number of carbonyl (C=O) groups is 1. The standard InChI is InChI=1S/C16H13FO3/c17-13-5-2-6-14(15(13)16(18)19)20-12-8-7-10-3-1-4-11(10)9-12/h2,5-9H,1,3-4H2,(H,18,19). The van der Waals surface area contributed by atoms with Crippen molar-refractivity contribution in [1.82, 2.24) is 0 Å². The third-order valence-electron chi connectivity index (χ3n) is 3.49. The third-order valence-corrected chi connectivity index (χ3v) is 3.49. The number of halogens is 1. The highest BCUT2D eigenvalue weighted by molar-refractivity contribution is 5.91. The molecule has 0 aliphatic heterocycles. The summed E-state index contributed by atoms with van der Waals surface area (Å²) in [6.07, 6.45) is 3.19. The van der Waals surface area contributed by atoms with Crippen LogP contribution in [0.3, 0.4) is 0 Å². The number of rotatable bonds is 3. The van der Waals surface area contributed by atoms with E-state index in [4.69, 9.17) is 9.84 Å². The SMILES string of the molecule is O=C(O)c1c(F)cccc1Oc1ccc2c(c1)CCC2. The topological polar surface area (TPSA) is 46.5 Å². The lowest BCUT2D eigenvalue weighted by Gasteiger charge is -2.10. The highest BCUT2D eigenvalue weighted by Gasteiger charge is 2.18. The Kier molecular flexibility index (Phi) is 3.14. The highest BCUT2D eigenvalue weighted by Crippen LogP contribution is 2.31. The maximum atomic E-state index is 13.6. The van der Waals surface area contributed by atoms with Gasteiger partial charge in [0.25, 0.3) is 0 Å². The number of carboxylic acids is 1. The van der Waals surface area contributed by atoms with E-state index in [2.05, 4.69) is 0 Å². The molecule has 4 heteroatoms. The van der Waals surface area contributed by atoms with Crippen molar-refractivity contribution in [2.24, 2.45) is 0 Å². The van der Waals surface area contributed by atoms with E-state index in [1.54, 1.807) is 6.07 Å². The molecule has 1 aliphatic rings. The molecular weight excluding hydrogens is 259 g/mol. The van der Waals surface area contributed by atoms with Crippen molar-refractivity contribution in [3.05, 3.63) is 58.9 Å². The van der Waals surface area contributed by atoms with Crippen LogP contribution in [0, 0.1) is 5.82 Å². The number of benzene rings is 2. The van der Waals surface area contributed by atoms with E-state index in [1.807, 2.05) is 12.1 Å². The molecule has 0 aromatic heterocycles. The van der Waals surface area contributed by atoms with Crippen molar-refractivity contribution in [2.75, 3.05) is 0 Å². The maximum Gasteiger partial charge on any atom is 0.342 e. The molecule has 0 bridgehead atoms. The zero-order chi connectivity index (χ0) is 14.1. The van der Waals surface area contributed by atoms with Crippen molar-refractivity contribution < 1.29 is 19.0 Å². The van der Waals surface area contributed by atoms with Gasteiger partial charge in [-0.25, -0.2) is 9.18 Å². The molecule has 1 aliphatic carbocycles. The van der Waals surface area contributed by atoms with Gasteiger partial charge >= 0.3 is 5.97 Å². The summed E-state index contributed by atoms with van der Waals surface area (Å²) >= 11 is 0. The summed E-state index contributed by atoms with van der Waals surface area (Å²) in [5, 5.41) is 9.06. The van der Waals surface area contributed by atoms with E-state index >= 15 is 0 Å². The van der Waals surface area contributed by atoms with Gasteiger partial charge in [-0.3, -0.25) is 0 Å².